The second kappa shape index (κ2) is 4.24. The SMILES string of the molecule is O=C(CC1CO1)NCc1ccccc1. The number of nitrogens with one attached hydrogen (secondary N) is 1. The number of hydrogen-bond acceptors (Lipinski definition) is 2. The van der Waals surface area contributed by atoms with Crippen molar-refractivity contribution in [1.29, 1.82) is 0 Å². The molecule has 1 aliphatic rings. The zero-order valence-electron chi connectivity index (χ0n) is 7.90. The lowest BCUT2D eigenvalue weighted by Crippen LogP contribution is -2.23. The minimum atomic E-state index is 0.0661. The van der Waals surface area contributed by atoms with Gasteiger partial charge in [-0.15, -0.1) is 0 Å². The van der Waals surface area contributed by atoms with E-state index < -0.39 is 0 Å². The van der Waals surface area contributed by atoms with Gasteiger partial charge in [-0.05, 0) is 5.56 Å². The highest BCUT2D eigenvalue weighted by Crippen LogP contribution is 2.12. The molecule has 1 unspecified atom stereocenters. The molecule has 2 rings (SSSR count). The molecular formula is C11H13NO2. The number of ether oxygens (including phenoxy) is 1. The van der Waals surface area contributed by atoms with E-state index in [1.54, 1.807) is 0 Å². The maximum atomic E-state index is 11.3. The maximum absolute atomic E-state index is 11.3. The number of benzene rings is 1. The summed E-state index contributed by atoms with van der Waals surface area (Å²) in [7, 11) is 0. The van der Waals surface area contributed by atoms with Gasteiger partial charge in [-0.3, -0.25) is 4.79 Å². The van der Waals surface area contributed by atoms with Crippen LogP contribution in [0.4, 0.5) is 0 Å². The first-order valence-electron chi connectivity index (χ1n) is 4.77. The Kier molecular flexibility index (Phi) is 2.79. The normalized spacial score (nSPS) is 19.0. The number of hydrogen-bond donors (Lipinski definition) is 1. The van der Waals surface area contributed by atoms with E-state index in [2.05, 4.69) is 5.32 Å². The summed E-state index contributed by atoms with van der Waals surface area (Å²) in [5.74, 6) is 0.0661. The maximum Gasteiger partial charge on any atom is 0.222 e. The van der Waals surface area contributed by atoms with Crippen molar-refractivity contribution in [1.82, 2.24) is 5.32 Å². The van der Waals surface area contributed by atoms with Crippen LogP contribution in [0.5, 0.6) is 0 Å². The van der Waals surface area contributed by atoms with Gasteiger partial charge in [-0.1, -0.05) is 30.3 Å². The monoisotopic (exact) mass is 191 g/mol. The van der Waals surface area contributed by atoms with Gasteiger partial charge in [0.15, 0.2) is 0 Å². The van der Waals surface area contributed by atoms with Crippen LogP contribution < -0.4 is 5.32 Å². The fourth-order valence-electron chi connectivity index (χ4n) is 1.26. The lowest BCUT2D eigenvalue weighted by Gasteiger charge is -2.03. The van der Waals surface area contributed by atoms with Gasteiger partial charge >= 0.3 is 0 Å². The van der Waals surface area contributed by atoms with E-state index in [1.165, 1.54) is 0 Å². The van der Waals surface area contributed by atoms with Crippen LogP contribution in [0.1, 0.15) is 12.0 Å². The van der Waals surface area contributed by atoms with Crippen LogP contribution in [-0.4, -0.2) is 18.6 Å². The highest BCUT2D eigenvalue weighted by atomic mass is 16.6. The van der Waals surface area contributed by atoms with E-state index in [4.69, 9.17) is 4.74 Å². The summed E-state index contributed by atoms with van der Waals surface area (Å²) in [6.07, 6.45) is 0.665. The summed E-state index contributed by atoms with van der Waals surface area (Å²) in [6, 6.07) is 9.88. The molecule has 0 bridgehead atoms. The molecule has 0 aromatic heterocycles. The number of epoxide rings is 1. The first-order valence-corrected chi connectivity index (χ1v) is 4.77. The van der Waals surface area contributed by atoms with Gasteiger partial charge in [0, 0.05) is 6.54 Å². The minimum absolute atomic E-state index is 0.0661. The van der Waals surface area contributed by atoms with E-state index in [0.29, 0.717) is 13.0 Å². The van der Waals surface area contributed by atoms with Crippen LogP contribution in [0, 0.1) is 0 Å². The summed E-state index contributed by atoms with van der Waals surface area (Å²) in [4.78, 5) is 11.3. The lowest BCUT2D eigenvalue weighted by molar-refractivity contribution is -0.121. The molecule has 1 heterocycles. The summed E-state index contributed by atoms with van der Waals surface area (Å²) < 4.78 is 4.97. The molecular weight excluding hydrogens is 178 g/mol. The molecule has 1 saturated heterocycles. The van der Waals surface area contributed by atoms with E-state index >= 15 is 0 Å². The Bertz CT molecular complexity index is 306. The Morgan fingerprint density at radius 2 is 2.14 bits per heavy atom. The zero-order chi connectivity index (χ0) is 9.80. The molecule has 1 N–H and O–H groups in total. The smallest absolute Gasteiger partial charge is 0.222 e. The fraction of sp³-hybridized carbons (Fsp3) is 0.364. The molecule has 0 saturated carbocycles. The Hall–Kier alpha value is -1.35. The van der Waals surface area contributed by atoms with Gasteiger partial charge in [-0.25, -0.2) is 0 Å². The second-order valence-electron chi connectivity index (χ2n) is 3.42. The van der Waals surface area contributed by atoms with E-state index in [-0.39, 0.29) is 12.0 Å². The van der Waals surface area contributed by atoms with Gasteiger partial charge in [0.2, 0.25) is 5.91 Å². The lowest BCUT2D eigenvalue weighted by atomic mass is 10.2. The van der Waals surface area contributed by atoms with Crippen molar-refractivity contribution in [2.75, 3.05) is 6.61 Å². The predicted octanol–water partition coefficient (Wildman–Crippen LogP) is 1.09. The third kappa shape index (κ3) is 2.85. The number of amides is 1. The van der Waals surface area contributed by atoms with Gasteiger partial charge < -0.3 is 10.1 Å². The predicted molar refractivity (Wildman–Crippen MR) is 52.6 cm³/mol. The highest BCUT2D eigenvalue weighted by Gasteiger charge is 2.25. The van der Waals surface area contributed by atoms with E-state index in [0.717, 1.165) is 12.2 Å². The molecule has 1 aromatic carbocycles. The summed E-state index contributed by atoms with van der Waals surface area (Å²) in [5.41, 5.74) is 1.12. The number of carbonyl (C=O) groups is 1. The third-order valence-electron chi connectivity index (χ3n) is 2.15. The fourth-order valence-corrected chi connectivity index (χ4v) is 1.26. The van der Waals surface area contributed by atoms with Crippen LogP contribution >= 0.6 is 0 Å². The molecule has 0 radical (unpaired) electrons. The molecule has 1 amide bonds. The second-order valence-corrected chi connectivity index (χ2v) is 3.42. The molecule has 74 valence electrons. The molecule has 1 aliphatic heterocycles. The Morgan fingerprint density at radius 3 is 2.79 bits per heavy atom. The molecule has 1 aromatic rings. The Morgan fingerprint density at radius 1 is 1.43 bits per heavy atom. The van der Waals surface area contributed by atoms with Crippen LogP contribution in [-0.2, 0) is 16.1 Å². The average Bonchev–Trinajstić information content (AvgIpc) is 3.00. The van der Waals surface area contributed by atoms with Crippen molar-refractivity contribution in [3.05, 3.63) is 35.9 Å². The number of carbonyl (C=O) groups excluding carboxylic acids is 1. The highest BCUT2D eigenvalue weighted by molar-refractivity contribution is 5.76. The van der Waals surface area contributed by atoms with Crippen molar-refractivity contribution >= 4 is 5.91 Å². The average molecular weight is 191 g/mol. The summed E-state index contributed by atoms with van der Waals surface area (Å²) >= 11 is 0. The molecule has 3 heteroatoms. The largest absolute Gasteiger partial charge is 0.373 e. The van der Waals surface area contributed by atoms with Crippen molar-refractivity contribution < 1.29 is 9.53 Å². The van der Waals surface area contributed by atoms with Crippen molar-refractivity contribution in [2.24, 2.45) is 0 Å². The van der Waals surface area contributed by atoms with Crippen LogP contribution in [0.25, 0.3) is 0 Å². The Labute approximate surface area is 83.1 Å². The van der Waals surface area contributed by atoms with Crippen LogP contribution in [0.3, 0.4) is 0 Å². The third-order valence-corrected chi connectivity index (χ3v) is 2.15. The summed E-state index contributed by atoms with van der Waals surface area (Å²) in [5, 5.41) is 2.85. The topological polar surface area (TPSA) is 41.6 Å². The molecule has 0 aliphatic carbocycles. The number of rotatable bonds is 4. The van der Waals surface area contributed by atoms with Gasteiger partial charge in [0.1, 0.15) is 0 Å². The van der Waals surface area contributed by atoms with Crippen molar-refractivity contribution in [3.8, 4) is 0 Å². The molecule has 3 nitrogen and oxygen atoms in total. The summed E-state index contributed by atoms with van der Waals surface area (Å²) in [6.45, 7) is 1.34. The molecule has 1 atom stereocenters. The molecule has 0 spiro atoms. The van der Waals surface area contributed by atoms with Crippen molar-refractivity contribution in [3.63, 3.8) is 0 Å². The van der Waals surface area contributed by atoms with Gasteiger partial charge in [0.25, 0.3) is 0 Å². The molecule has 1 fully saturated rings. The standard InChI is InChI=1S/C11H13NO2/c13-11(6-10-8-14-10)12-7-9-4-2-1-3-5-9/h1-5,10H,6-8H2,(H,12,13). The minimum Gasteiger partial charge on any atom is -0.373 e. The zero-order valence-corrected chi connectivity index (χ0v) is 7.90. The Balaban J connectivity index is 1.73. The van der Waals surface area contributed by atoms with Crippen molar-refractivity contribution in [2.45, 2.75) is 19.1 Å². The van der Waals surface area contributed by atoms with Crippen LogP contribution in [0.15, 0.2) is 30.3 Å². The van der Waals surface area contributed by atoms with E-state index in [1.807, 2.05) is 30.3 Å². The first-order chi connectivity index (χ1) is 6.84. The van der Waals surface area contributed by atoms with Gasteiger partial charge in [-0.2, -0.15) is 0 Å². The molecule has 14 heavy (non-hydrogen) atoms. The first kappa shape index (κ1) is 9.21. The van der Waals surface area contributed by atoms with Crippen LogP contribution in [0.2, 0.25) is 0 Å². The van der Waals surface area contributed by atoms with Gasteiger partial charge in [0.05, 0.1) is 19.1 Å². The van der Waals surface area contributed by atoms with E-state index in [9.17, 15) is 4.79 Å². The quantitative estimate of drug-likeness (QED) is 0.724.